The van der Waals surface area contributed by atoms with Crippen molar-refractivity contribution in [3.63, 3.8) is 0 Å². The van der Waals surface area contributed by atoms with E-state index in [1.54, 1.807) is 16.9 Å². The molecule has 0 fully saturated rings. The van der Waals surface area contributed by atoms with E-state index < -0.39 is 0 Å². The number of benzene rings is 1. The number of nitrogens with zero attached hydrogens (tertiary/aromatic N) is 5. The number of rotatable bonds is 4. The van der Waals surface area contributed by atoms with Gasteiger partial charge in [-0.15, -0.1) is 10.2 Å². The summed E-state index contributed by atoms with van der Waals surface area (Å²) in [7, 11) is 0. The summed E-state index contributed by atoms with van der Waals surface area (Å²) in [5.74, 6) is 1.49. The van der Waals surface area contributed by atoms with E-state index >= 15 is 0 Å². The molecule has 0 unspecified atom stereocenters. The van der Waals surface area contributed by atoms with Gasteiger partial charge < -0.3 is 4.74 Å². The molecule has 0 N–H and O–H groups in total. The van der Waals surface area contributed by atoms with E-state index in [1.165, 1.54) is 11.3 Å². The first-order valence-corrected chi connectivity index (χ1v) is 7.92. The van der Waals surface area contributed by atoms with Crippen molar-refractivity contribution in [1.29, 1.82) is 0 Å². The molecule has 0 atom stereocenters. The predicted molar refractivity (Wildman–Crippen MR) is 87.4 cm³/mol. The molecule has 0 saturated heterocycles. The van der Waals surface area contributed by atoms with Gasteiger partial charge in [0.2, 0.25) is 4.96 Å². The Labute approximate surface area is 136 Å². The van der Waals surface area contributed by atoms with Gasteiger partial charge in [-0.25, -0.2) is 0 Å². The summed E-state index contributed by atoms with van der Waals surface area (Å²) in [4.78, 5) is 4.77. The molecule has 4 rings (SSSR count). The number of hydrogen-bond donors (Lipinski definition) is 0. The average molecular weight is 323 g/mol. The Balaban J connectivity index is 1.60. The van der Waals surface area contributed by atoms with Crippen molar-refractivity contribution in [2.75, 3.05) is 0 Å². The van der Waals surface area contributed by atoms with Crippen LogP contribution in [0.25, 0.3) is 15.5 Å². The quantitative estimate of drug-likeness (QED) is 0.577. The van der Waals surface area contributed by atoms with Gasteiger partial charge in [-0.05, 0) is 36.8 Å². The monoisotopic (exact) mass is 323 g/mol. The normalized spacial score (nSPS) is 11.0. The minimum atomic E-state index is 0.324. The molecule has 0 aliphatic rings. The Hall–Kier alpha value is -2.80. The Morgan fingerprint density at radius 2 is 2.00 bits per heavy atom. The van der Waals surface area contributed by atoms with Gasteiger partial charge in [-0.3, -0.25) is 4.98 Å². The highest BCUT2D eigenvalue weighted by molar-refractivity contribution is 7.19. The van der Waals surface area contributed by atoms with Gasteiger partial charge in [0.05, 0.1) is 0 Å². The molecule has 7 heteroatoms. The first-order chi connectivity index (χ1) is 11.3. The van der Waals surface area contributed by atoms with Gasteiger partial charge in [0.25, 0.3) is 0 Å². The van der Waals surface area contributed by atoms with Crippen LogP contribution >= 0.6 is 11.3 Å². The molecular formula is C16H13N5OS. The fourth-order valence-electron chi connectivity index (χ4n) is 2.21. The lowest BCUT2D eigenvalue weighted by Gasteiger charge is -2.04. The minimum absolute atomic E-state index is 0.324. The minimum Gasteiger partial charge on any atom is -0.486 e. The lowest BCUT2D eigenvalue weighted by molar-refractivity contribution is 0.292. The van der Waals surface area contributed by atoms with E-state index in [1.807, 2.05) is 43.3 Å². The van der Waals surface area contributed by atoms with Gasteiger partial charge in [-0.2, -0.15) is 9.61 Å². The van der Waals surface area contributed by atoms with E-state index in [-0.39, 0.29) is 0 Å². The molecule has 0 amide bonds. The summed E-state index contributed by atoms with van der Waals surface area (Å²) in [6.07, 6.45) is 3.50. The summed E-state index contributed by atoms with van der Waals surface area (Å²) < 4.78 is 7.52. The first kappa shape index (κ1) is 13.8. The van der Waals surface area contributed by atoms with E-state index in [4.69, 9.17) is 4.74 Å². The molecular weight excluding hydrogens is 310 g/mol. The SMILES string of the molecule is Cc1cccc(OCc2nnc3sc(-c4ccncc4)nn23)c1. The third-order valence-corrected chi connectivity index (χ3v) is 4.29. The van der Waals surface area contributed by atoms with Gasteiger partial charge in [0.1, 0.15) is 17.4 Å². The second kappa shape index (κ2) is 5.77. The summed E-state index contributed by atoms with van der Waals surface area (Å²) in [5, 5.41) is 13.8. The summed E-state index contributed by atoms with van der Waals surface area (Å²) >= 11 is 1.49. The Bertz CT molecular complexity index is 947. The lowest BCUT2D eigenvalue weighted by atomic mass is 10.2. The van der Waals surface area contributed by atoms with Crippen LogP contribution in [0.2, 0.25) is 0 Å². The zero-order chi connectivity index (χ0) is 15.6. The maximum Gasteiger partial charge on any atom is 0.235 e. The van der Waals surface area contributed by atoms with Crippen molar-refractivity contribution >= 4 is 16.3 Å². The molecule has 1 aromatic carbocycles. The van der Waals surface area contributed by atoms with Crippen molar-refractivity contribution in [3.05, 3.63) is 60.2 Å². The van der Waals surface area contributed by atoms with E-state index in [9.17, 15) is 0 Å². The van der Waals surface area contributed by atoms with Crippen molar-refractivity contribution in [2.24, 2.45) is 0 Å². The van der Waals surface area contributed by atoms with Crippen molar-refractivity contribution in [2.45, 2.75) is 13.5 Å². The van der Waals surface area contributed by atoms with Gasteiger partial charge in [0.15, 0.2) is 5.82 Å². The zero-order valence-electron chi connectivity index (χ0n) is 12.4. The molecule has 0 radical (unpaired) electrons. The Kier molecular flexibility index (Phi) is 3.47. The fraction of sp³-hybridized carbons (Fsp3) is 0.125. The predicted octanol–water partition coefficient (Wildman–Crippen LogP) is 3.14. The van der Waals surface area contributed by atoms with Crippen LogP contribution < -0.4 is 4.74 Å². The van der Waals surface area contributed by atoms with E-state index in [2.05, 4.69) is 20.3 Å². The molecule has 0 aliphatic carbocycles. The number of fused-ring (bicyclic) bond motifs is 1. The van der Waals surface area contributed by atoms with Gasteiger partial charge in [-0.1, -0.05) is 23.5 Å². The Morgan fingerprint density at radius 3 is 2.83 bits per heavy atom. The van der Waals surface area contributed by atoms with Gasteiger partial charge >= 0.3 is 0 Å². The highest BCUT2D eigenvalue weighted by atomic mass is 32.1. The topological polar surface area (TPSA) is 65.2 Å². The van der Waals surface area contributed by atoms with E-state index in [0.29, 0.717) is 12.4 Å². The number of hydrogen-bond acceptors (Lipinski definition) is 6. The average Bonchev–Trinajstić information content (AvgIpc) is 3.15. The summed E-state index contributed by atoms with van der Waals surface area (Å²) in [6, 6.07) is 11.8. The van der Waals surface area contributed by atoms with Crippen LogP contribution in [-0.2, 0) is 6.61 Å². The molecule has 3 aromatic heterocycles. The smallest absolute Gasteiger partial charge is 0.235 e. The summed E-state index contributed by atoms with van der Waals surface area (Å²) in [5.41, 5.74) is 2.17. The highest BCUT2D eigenvalue weighted by Crippen LogP contribution is 2.25. The number of aryl methyl sites for hydroxylation is 1. The van der Waals surface area contributed by atoms with Crippen LogP contribution in [0.5, 0.6) is 5.75 Å². The van der Waals surface area contributed by atoms with Crippen LogP contribution in [0, 0.1) is 6.92 Å². The first-order valence-electron chi connectivity index (χ1n) is 7.10. The molecule has 0 aliphatic heterocycles. The third-order valence-electron chi connectivity index (χ3n) is 3.34. The van der Waals surface area contributed by atoms with Crippen LogP contribution in [-0.4, -0.2) is 24.8 Å². The number of aromatic nitrogens is 5. The number of ether oxygens (including phenoxy) is 1. The largest absolute Gasteiger partial charge is 0.486 e. The second-order valence-corrected chi connectivity index (χ2v) is 6.01. The molecule has 114 valence electrons. The van der Waals surface area contributed by atoms with Crippen LogP contribution in [0.1, 0.15) is 11.4 Å². The lowest BCUT2D eigenvalue weighted by Crippen LogP contribution is -2.02. The van der Waals surface area contributed by atoms with E-state index in [0.717, 1.165) is 26.8 Å². The van der Waals surface area contributed by atoms with Crippen molar-refractivity contribution in [1.82, 2.24) is 24.8 Å². The maximum atomic E-state index is 5.79. The Morgan fingerprint density at radius 1 is 1.13 bits per heavy atom. The summed E-state index contributed by atoms with van der Waals surface area (Å²) in [6.45, 7) is 2.35. The van der Waals surface area contributed by atoms with Crippen LogP contribution in [0.3, 0.4) is 0 Å². The van der Waals surface area contributed by atoms with Crippen LogP contribution in [0.15, 0.2) is 48.8 Å². The van der Waals surface area contributed by atoms with Crippen molar-refractivity contribution in [3.8, 4) is 16.3 Å². The zero-order valence-corrected chi connectivity index (χ0v) is 13.2. The second-order valence-electron chi connectivity index (χ2n) is 5.06. The molecule has 4 aromatic rings. The third kappa shape index (κ3) is 2.78. The molecule has 23 heavy (non-hydrogen) atoms. The number of pyridine rings is 1. The molecule has 0 saturated carbocycles. The molecule has 6 nitrogen and oxygen atoms in total. The molecule has 3 heterocycles. The maximum absolute atomic E-state index is 5.79. The fourth-order valence-corrected chi connectivity index (χ4v) is 3.08. The van der Waals surface area contributed by atoms with Crippen molar-refractivity contribution < 1.29 is 4.74 Å². The molecule has 0 bridgehead atoms. The van der Waals surface area contributed by atoms with Gasteiger partial charge in [0, 0.05) is 18.0 Å². The standard InChI is InChI=1S/C16H13N5OS/c1-11-3-2-4-13(9-11)22-10-14-18-19-16-21(14)20-15(23-16)12-5-7-17-8-6-12/h2-9H,10H2,1H3. The highest BCUT2D eigenvalue weighted by Gasteiger charge is 2.13. The molecule has 0 spiro atoms. The van der Waals surface area contributed by atoms with Crippen LogP contribution in [0.4, 0.5) is 0 Å².